The van der Waals surface area contributed by atoms with E-state index in [1.54, 1.807) is 0 Å². The summed E-state index contributed by atoms with van der Waals surface area (Å²) in [6.45, 7) is 14.6. The molecule has 0 fully saturated rings. The van der Waals surface area contributed by atoms with E-state index in [-0.39, 0.29) is 0 Å². The van der Waals surface area contributed by atoms with E-state index >= 15 is 0 Å². The van der Waals surface area contributed by atoms with Gasteiger partial charge in [-0.3, -0.25) is 0 Å². The highest BCUT2D eigenvalue weighted by Gasteiger charge is 1.93. The number of hydrogen-bond donors (Lipinski definition) is 0. The lowest BCUT2D eigenvalue weighted by atomic mass is 10.0. The van der Waals surface area contributed by atoms with Gasteiger partial charge in [-0.25, -0.2) is 0 Å². The Hall–Kier alpha value is -1.08. The molecule has 0 N–H and O–H groups in total. The molecule has 0 aromatic heterocycles. The zero-order chi connectivity index (χ0) is 17.5. The Morgan fingerprint density at radius 2 is 1.09 bits per heavy atom. The van der Waals surface area contributed by atoms with Crippen molar-refractivity contribution in [2.24, 2.45) is 0 Å². The van der Waals surface area contributed by atoms with Crippen molar-refractivity contribution in [3.63, 3.8) is 0 Å². The maximum absolute atomic E-state index is 5.35. The van der Waals surface area contributed by atoms with Gasteiger partial charge >= 0.3 is 0 Å². The molecule has 0 unspecified atom stereocenters. The molecular formula is C22H38O. The molecule has 0 aliphatic carbocycles. The second-order valence-corrected chi connectivity index (χ2v) is 6.71. The normalized spacial score (nSPS) is 13.4. The molecule has 0 aromatic rings. The molecule has 0 radical (unpaired) electrons. The first-order valence-corrected chi connectivity index (χ1v) is 9.13. The third-order valence-electron chi connectivity index (χ3n) is 3.91. The fraction of sp³-hybridized carbons (Fsp3) is 0.636. The van der Waals surface area contributed by atoms with E-state index in [1.807, 2.05) is 6.92 Å². The van der Waals surface area contributed by atoms with Gasteiger partial charge in [0.05, 0.1) is 6.61 Å². The average Bonchev–Trinajstić information content (AvgIpc) is 2.47. The predicted molar refractivity (Wildman–Crippen MR) is 105 cm³/mol. The molecule has 0 aliphatic heterocycles. The number of allylic oxidation sites excluding steroid dienone is 7. The fourth-order valence-corrected chi connectivity index (χ4v) is 2.31. The van der Waals surface area contributed by atoms with Gasteiger partial charge < -0.3 is 4.74 Å². The lowest BCUT2D eigenvalue weighted by Gasteiger charge is -2.03. The van der Waals surface area contributed by atoms with E-state index in [0.29, 0.717) is 0 Å². The minimum atomic E-state index is 0.752. The molecule has 0 bridgehead atoms. The van der Waals surface area contributed by atoms with E-state index in [9.17, 15) is 0 Å². The number of ether oxygens (including phenoxy) is 1. The Morgan fingerprint density at radius 3 is 1.52 bits per heavy atom. The van der Waals surface area contributed by atoms with E-state index < -0.39 is 0 Å². The van der Waals surface area contributed by atoms with Gasteiger partial charge in [-0.05, 0) is 80.1 Å². The van der Waals surface area contributed by atoms with Crippen LogP contribution in [0.5, 0.6) is 0 Å². The van der Waals surface area contributed by atoms with Gasteiger partial charge in [-0.15, -0.1) is 0 Å². The SMILES string of the molecule is CCOCC=C(C)CCC=C(C)CCC=C(C)CCC=C(C)C. The highest BCUT2D eigenvalue weighted by atomic mass is 16.5. The summed E-state index contributed by atoms with van der Waals surface area (Å²) in [5.41, 5.74) is 5.88. The van der Waals surface area contributed by atoms with Crippen molar-refractivity contribution < 1.29 is 4.74 Å². The lowest BCUT2D eigenvalue weighted by Crippen LogP contribution is -1.90. The van der Waals surface area contributed by atoms with E-state index in [0.717, 1.165) is 26.1 Å². The molecule has 0 amide bonds. The Balaban J connectivity index is 3.93. The van der Waals surface area contributed by atoms with Gasteiger partial charge in [0.25, 0.3) is 0 Å². The van der Waals surface area contributed by atoms with Crippen LogP contribution in [0.3, 0.4) is 0 Å². The van der Waals surface area contributed by atoms with Crippen LogP contribution in [0.4, 0.5) is 0 Å². The van der Waals surface area contributed by atoms with E-state index in [1.165, 1.54) is 48.0 Å². The molecule has 0 aliphatic rings. The molecule has 1 nitrogen and oxygen atoms in total. The van der Waals surface area contributed by atoms with Crippen molar-refractivity contribution in [3.05, 3.63) is 46.6 Å². The van der Waals surface area contributed by atoms with Crippen LogP contribution in [0.25, 0.3) is 0 Å². The highest BCUT2D eigenvalue weighted by Crippen LogP contribution is 2.13. The second kappa shape index (κ2) is 14.5. The predicted octanol–water partition coefficient (Wildman–Crippen LogP) is 7.17. The van der Waals surface area contributed by atoms with Gasteiger partial charge in [-0.2, -0.15) is 0 Å². The first kappa shape index (κ1) is 21.9. The zero-order valence-electron chi connectivity index (χ0n) is 16.4. The van der Waals surface area contributed by atoms with Gasteiger partial charge in [0.1, 0.15) is 0 Å². The van der Waals surface area contributed by atoms with Gasteiger partial charge in [0.2, 0.25) is 0 Å². The molecule has 0 atom stereocenters. The van der Waals surface area contributed by atoms with Crippen molar-refractivity contribution in [3.8, 4) is 0 Å². The summed E-state index contributed by atoms with van der Waals surface area (Å²) in [6, 6.07) is 0. The van der Waals surface area contributed by atoms with Crippen molar-refractivity contribution in [2.75, 3.05) is 13.2 Å². The smallest absolute Gasteiger partial charge is 0.0649 e. The van der Waals surface area contributed by atoms with Crippen molar-refractivity contribution >= 4 is 0 Å². The number of hydrogen-bond acceptors (Lipinski definition) is 1. The zero-order valence-corrected chi connectivity index (χ0v) is 16.4. The van der Waals surface area contributed by atoms with Crippen LogP contribution < -0.4 is 0 Å². The van der Waals surface area contributed by atoms with E-state index in [4.69, 9.17) is 4.74 Å². The molecular weight excluding hydrogens is 280 g/mol. The first-order chi connectivity index (χ1) is 11.0. The minimum Gasteiger partial charge on any atom is -0.378 e. The molecule has 0 spiro atoms. The molecule has 0 aromatic carbocycles. The quantitative estimate of drug-likeness (QED) is 0.274. The van der Waals surface area contributed by atoms with Crippen LogP contribution >= 0.6 is 0 Å². The lowest BCUT2D eigenvalue weighted by molar-refractivity contribution is 0.177. The van der Waals surface area contributed by atoms with Crippen molar-refractivity contribution in [1.82, 2.24) is 0 Å². The second-order valence-electron chi connectivity index (χ2n) is 6.71. The Bertz CT molecular complexity index is 417. The summed E-state index contributed by atoms with van der Waals surface area (Å²) in [4.78, 5) is 0. The summed E-state index contributed by atoms with van der Waals surface area (Å²) in [5.74, 6) is 0. The van der Waals surface area contributed by atoms with Gasteiger partial charge in [0, 0.05) is 6.61 Å². The van der Waals surface area contributed by atoms with Crippen LogP contribution in [-0.4, -0.2) is 13.2 Å². The highest BCUT2D eigenvalue weighted by molar-refractivity contribution is 5.07. The average molecular weight is 319 g/mol. The third-order valence-corrected chi connectivity index (χ3v) is 3.91. The van der Waals surface area contributed by atoms with Crippen LogP contribution in [0.1, 0.15) is 80.1 Å². The standard InChI is InChI=1S/C22H38O/c1-7-23-18-17-22(6)16-10-15-21(5)14-9-13-20(4)12-8-11-19(2)3/h11,13,15,17H,7-10,12,14,16,18H2,1-6H3. The Labute approximate surface area is 145 Å². The molecule has 1 heteroatoms. The molecule has 0 saturated carbocycles. The topological polar surface area (TPSA) is 9.23 Å². The summed E-state index contributed by atoms with van der Waals surface area (Å²) in [6.07, 6.45) is 16.3. The number of rotatable bonds is 12. The molecule has 23 heavy (non-hydrogen) atoms. The first-order valence-electron chi connectivity index (χ1n) is 9.13. The molecule has 0 rings (SSSR count). The summed E-state index contributed by atoms with van der Waals surface area (Å²) < 4.78 is 5.35. The van der Waals surface area contributed by atoms with Gasteiger partial charge in [0.15, 0.2) is 0 Å². The third kappa shape index (κ3) is 15.6. The monoisotopic (exact) mass is 318 g/mol. The van der Waals surface area contributed by atoms with Crippen LogP contribution in [0.2, 0.25) is 0 Å². The summed E-state index contributed by atoms with van der Waals surface area (Å²) in [5, 5.41) is 0. The van der Waals surface area contributed by atoms with Crippen LogP contribution in [-0.2, 0) is 4.74 Å². The Kier molecular flexibility index (Phi) is 13.8. The Morgan fingerprint density at radius 1 is 0.652 bits per heavy atom. The minimum absolute atomic E-state index is 0.752. The largest absolute Gasteiger partial charge is 0.378 e. The maximum atomic E-state index is 5.35. The fourth-order valence-electron chi connectivity index (χ4n) is 2.31. The van der Waals surface area contributed by atoms with E-state index in [2.05, 4.69) is 58.9 Å². The summed E-state index contributed by atoms with van der Waals surface area (Å²) in [7, 11) is 0. The maximum Gasteiger partial charge on any atom is 0.0649 e. The van der Waals surface area contributed by atoms with Crippen molar-refractivity contribution in [2.45, 2.75) is 80.1 Å². The molecule has 132 valence electrons. The van der Waals surface area contributed by atoms with Crippen LogP contribution in [0, 0.1) is 0 Å². The van der Waals surface area contributed by atoms with Crippen LogP contribution in [0.15, 0.2) is 46.6 Å². The summed E-state index contributed by atoms with van der Waals surface area (Å²) >= 11 is 0. The van der Waals surface area contributed by atoms with Crippen molar-refractivity contribution in [1.29, 1.82) is 0 Å². The molecule has 0 heterocycles. The molecule has 0 saturated heterocycles. The van der Waals surface area contributed by atoms with Gasteiger partial charge in [-0.1, -0.05) is 46.6 Å².